The normalized spacial score (nSPS) is 11.1. The summed E-state index contributed by atoms with van der Waals surface area (Å²) >= 11 is 0. The lowest BCUT2D eigenvalue weighted by Gasteiger charge is -2.10. The zero-order valence-corrected chi connectivity index (χ0v) is 12.0. The van der Waals surface area contributed by atoms with Crippen LogP contribution >= 0.6 is 0 Å². The van der Waals surface area contributed by atoms with E-state index in [1.54, 1.807) is 19.9 Å². The quantitative estimate of drug-likeness (QED) is 0.657. The number of sulfonamides is 1. The van der Waals surface area contributed by atoms with E-state index in [1.165, 1.54) is 18.2 Å². The fourth-order valence-electron chi connectivity index (χ4n) is 1.48. The molecule has 0 aliphatic rings. The molecule has 0 bridgehead atoms. The first kappa shape index (κ1) is 15.9. The largest absolute Gasteiger partial charge is 0.399 e. The highest BCUT2D eigenvalue weighted by Gasteiger charge is 2.19. The molecule has 0 aromatic heterocycles. The number of hydrogen-bond donors (Lipinski definition) is 3. The van der Waals surface area contributed by atoms with Crippen LogP contribution in [-0.4, -0.2) is 26.9 Å². The van der Waals surface area contributed by atoms with Gasteiger partial charge in [0.2, 0.25) is 15.9 Å². The van der Waals surface area contributed by atoms with E-state index in [0.29, 0.717) is 0 Å². The van der Waals surface area contributed by atoms with E-state index < -0.39 is 22.5 Å². The van der Waals surface area contributed by atoms with Crippen molar-refractivity contribution in [2.24, 2.45) is 0 Å². The Bertz CT molecular complexity index is 647. The third-order valence-corrected chi connectivity index (χ3v) is 3.75. The third-order valence-electron chi connectivity index (χ3n) is 2.29. The van der Waals surface area contributed by atoms with Crippen LogP contribution in [0.3, 0.4) is 0 Å². The van der Waals surface area contributed by atoms with Gasteiger partial charge in [0, 0.05) is 11.7 Å². The molecular formula is C12H16N4O3S. The molecule has 4 N–H and O–H groups in total. The Balaban J connectivity index is 2.90. The van der Waals surface area contributed by atoms with E-state index in [1.807, 2.05) is 0 Å². The first-order chi connectivity index (χ1) is 9.26. The van der Waals surface area contributed by atoms with Crippen LogP contribution in [0.1, 0.15) is 19.4 Å². The Kier molecular flexibility index (Phi) is 5.07. The van der Waals surface area contributed by atoms with Crippen molar-refractivity contribution in [2.75, 3.05) is 12.3 Å². The predicted molar refractivity (Wildman–Crippen MR) is 74.0 cm³/mol. The number of benzene rings is 1. The van der Waals surface area contributed by atoms with Gasteiger partial charge < -0.3 is 11.1 Å². The van der Waals surface area contributed by atoms with Gasteiger partial charge in [-0.25, -0.2) is 13.1 Å². The highest BCUT2D eigenvalue weighted by Crippen LogP contribution is 2.17. The first-order valence-electron chi connectivity index (χ1n) is 5.85. The van der Waals surface area contributed by atoms with Gasteiger partial charge in [0.1, 0.15) is 6.07 Å². The molecule has 7 nitrogen and oxygen atoms in total. The van der Waals surface area contributed by atoms with E-state index in [0.717, 1.165) is 0 Å². The minimum Gasteiger partial charge on any atom is -0.399 e. The second kappa shape index (κ2) is 6.36. The fourth-order valence-corrected chi connectivity index (χ4v) is 2.60. The minimum absolute atomic E-state index is 0.0678. The molecule has 20 heavy (non-hydrogen) atoms. The molecule has 1 aromatic carbocycles. The molecule has 108 valence electrons. The van der Waals surface area contributed by atoms with E-state index in [2.05, 4.69) is 10.0 Å². The van der Waals surface area contributed by atoms with Gasteiger partial charge in [-0.3, -0.25) is 4.79 Å². The molecule has 0 radical (unpaired) electrons. The molecule has 1 rings (SSSR count). The van der Waals surface area contributed by atoms with Crippen molar-refractivity contribution >= 4 is 21.6 Å². The van der Waals surface area contributed by atoms with Gasteiger partial charge in [0.25, 0.3) is 0 Å². The van der Waals surface area contributed by atoms with Crippen LogP contribution < -0.4 is 15.8 Å². The molecule has 0 spiro atoms. The maximum Gasteiger partial charge on any atom is 0.242 e. The van der Waals surface area contributed by atoms with Crippen LogP contribution in [0, 0.1) is 11.3 Å². The summed E-state index contributed by atoms with van der Waals surface area (Å²) < 4.78 is 26.2. The van der Waals surface area contributed by atoms with Crippen molar-refractivity contribution in [3.63, 3.8) is 0 Å². The van der Waals surface area contributed by atoms with Gasteiger partial charge in [-0.05, 0) is 32.0 Å². The predicted octanol–water partition coefficient (Wildman–Crippen LogP) is -0.0566. The van der Waals surface area contributed by atoms with Crippen molar-refractivity contribution in [1.82, 2.24) is 10.0 Å². The summed E-state index contributed by atoms with van der Waals surface area (Å²) in [6.45, 7) is 3.13. The Morgan fingerprint density at radius 3 is 2.65 bits per heavy atom. The molecule has 0 fully saturated rings. The molecule has 0 aliphatic heterocycles. The Hall–Kier alpha value is -2.11. The summed E-state index contributed by atoms with van der Waals surface area (Å²) in [6.07, 6.45) is 0. The van der Waals surface area contributed by atoms with Crippen LogP contribution in [0.25, 0.3) is 0 Å². The Morgan fingerprint density at radius 2 is 2.10 bits per heavy atom. The van der Waals surface area contributed by atoms with E-state index in [-0.39, 0.29) is 22.2 Å². The van der Waals surface area contributed by atoms with E-state index >= 15 is 0 Å². The SMILES string of the molecule is CC(C)NC(=O)CNS(=O)(=O)c1ccc(N)cc1C#N. The molecule has 0 atom stereocenters. The van der Waals surface area contributed by atoms with Crippen molar-refractivity contribution in [1.29, 1.82) is 5.26 Å². The number of carbonyl (C=O) groups is 1. The lowest BCUT2D eigenvalue weighted by molar-refractivity contribution is -0.120. The van der Waals surface area contributed by atoms with Crippen LogP contribution in [0.2, 0.25) is 0 Å². The summed E-state index contributed by atoms with van der Waals surface area (Å²) in [5.41, 5.74) is 5.71. The average Bonchev–Trinajstić information content (AvgIpc) is 2.35. The number of rotatable bonds is 5. The van der Waals surface area contributed by atoms with Gasteiger partial charge in [-0.2, -0.15) is 5.26 Å². The van der Waals surface area contributed by atoms with Crippen LogP contribution in [0.4, 0.5) is 5.69 Å². The van der Waals surface area contributed by atoms with E-state index in [4.69, 9.17) is 11.0 Å². The lowest BCUT2D eigenvalue weighted by atomic mass is 10.2. The number of amides is 1. The second-order valence-electron chi connectivity index (χ2n) is 4.41. The van der Waals surface area contributed by atoms with Crippen molar-refractivity contribution in [3.05, 3.63) is 23.8 Å². The smallest absolute Gasteiger partial charge is 0.242 e. The number of nitrogens with zero attached hydrogens (tertiary/aromatic N) is 1. The summed E-state index contributed by atoms with van der Waals surface area (Å²) in [5, 5.41) is 11.5. The molecule has 0 aliphatic carbocycles. The highest BCUT2D eigenvalue weighted by molar-refractivity contribution is 7.89. The molecule has 0 heterocycles. The van der Waals surface area contributed by atoms with Crippen LogP contribution in [0.5, 0.6) is 0 Å². The number of nitrogens with two attached hydrogens (primary N) is 1. The number of nitrogen functional groups attached to an aromatic ring is 1. The van der Waals surface area contributed by atoms with Crippen LogP contribution in [0.15, 0.2) is 23.1 Å². The highest BCUT2D eigenvalue weighted by atomic mass is 32.2. The van der Waals surface area contributed by atoms with Crippen molar-refractivity contribution < 1.29 is 13.2 Å². The monoisotopic (exact) mass is 296 g/mol. The average molecular weight is 296 g/mol. The second-order valence-corrected chi connectivity index (χ2v) is 6.15. The van der Waals surface area contributed by atoms with Crippen molar-refractivity contribution in [3.8, 4) is 6.07 Å². The molecule has 1 amide bonds. The standard InChI is InChI=1S/C12H16N4O3S/c1-8(2)16-12(17)7-15-20(18,19)11-4-3-10(14)5-9(11)6-13/h3-5,8,15H,7,14H2,1-2H3,(H,16,17). The minimum atomic E-state index is -3.94. The molecule has 0 saturated carbocycles. The molecule has 1 aromatic rings. The lowest BCUT2D eigenvalue weighted by Crippen LogP contribution is -2.39. The maximum absolute atomic E-state index is 12.0. The Morgan fingerprint density at radius 1 is 1.45 bits per heavy atom. The summed E-state index contributed by atoms with van der Waals surface area (Å²) in [5.74, 6) is -0.447. The topological polar surface area (TPSA) is 125 Å². The Labute approximate surface area is 117 Å². The number of nitrogens with one attached hydrogen (secondary N) is 2. The number of nitriles is 1. The van der Waals surface area contributed by atoms with Gasteiger partial charge in [-0.15, -0.1) is 0 Å². The van der Waals surface area contributed by atoms with E-state index in [9.17, 15) is 13.2 Å². The summed E-state index contributed by atoms with van der Waals surface area (Å²) in [4.78, 5) is 11.2. The zero-order valence-electron chi connectivity index (χ0n) is 11.2. The molecule has 8 heteroatoms. The maximum atomic E-state index is 12.0. The molecule has 0 unspecified atom stereocenters. The van der Waals surface area contributed by atoms with Gasteiger partial charge in [-0.1, -0.05) is 0 Å². The first-order valence-corrected chi connectivity index (χ1v) is 7.33. The van der Waals surface area contributed by atoms with Crippen molar-refractivity contribution in [2.45, 2.75) is 24.8 Å². The summed E-state index contributed by atoms with van der Waals surface area (Å²) in [7, 11) is -3.94. The fraction of sp³-hybridized carbons (Fsp3) is 0.333. The number of carbonyl (C=O) groups excluding carboxylic acids is 1. The third kappa shape index (κ3) is 4.22. The number of anilines is 1. The van der Waals surface area contributed by atoms with Gasteiger partial charge in [0.15, 0.2) is 0 Å². The van der Waals surface area contributed by atoms with Gasteiger partial charge in [0.05, 0.1) is 17.0 Å². The van der Waals surface area contributed by atoms with Gasteiger partial charge >= 0.3 is 0 Å². The zero-order chi connectivity index (χ0) is 15.3. The molecular weight excluding hydrogens is 280 g/mol. The van der Waals surface area contributed by atoms with Crippen LogP contribution in [-0.2, 0) is 14.8 Å². The summed E-state index contributed by atoms with van der Waals surface area (Å²) in [6, 6.07) is 5.56. The molecule has 0 saturated heterocycles. The number of hydrogen-bond acceptors (Lipinski definition) is 5.